The van der Waals surface area contributed by atoms with Gasteiger partial charge in [0.05, 0.1) is 18.2 Å². The maximum absolute atomic E-state index is 12.4. The Hall–Kier alpha value is -1.80. The van der Waals surface area contributed by atoms with Gasteiger partial charge in [-0.1, -0.05) is 39.5 Å². The summed E-state index contributed by atoms with van der Waals surface area (Å²) < 4.78 is 4.60. The molecule has 0 bridgehead atoms. The largest absolute Gasteiger partial charge is 0.481 e. The van der Waals surface area contributed by atoms with E-state index in [9.17, 15) is 9.59 Å². The minimum absolute atomic E-state index is 0.199. The molecule has 116 valence electrons. The number of carbonyl (C=O) groups is 2. The Kier molecular flexibility index (Phi) is 5.62. The molecule has 1 atom stereocenters. The second kappa shape index (κ2) is 7.46. The summed E-state index contributed by atoms with van der Waals surface area (Å²) in [7, 11) is 0. The minimum atomic E-state index is -0.983. The Morgan fingerprint density at radius 1 is 1.45 bits per heavy atom. The third kappa shape index (κ3) is 4.11. The number of aliphatic carboxylic acids is 1. The van der Waals surface area contributed by atoms with E-state index >= 15 is 0 Å². The number of rotatable bonds is 6. The van der Waals surface area contributed by atoms with Crippen LogP contribution < -0.4 is 5.32 Å². The minimum Gasteiger partial charge on any atom is -0.481 e. The molecule has 6 nitrogen and oxygen atoms in total. The first kappa shape index (κ1) is 16.6. The number of carbonyl (C=O) groups excluding carboxylic acids is 1. The number of hydrogen-bond acceptors (Lipinski definition) is 5. The summed E-state index contributed by atoms with van der Waals surface area (Å²) in [6, 6.07) is 6.59. The molecule has 0 aliphatic carbocycles. The molecule has 2 N–H and O–H groups in total. The number of halogens is 1. The van der Waals surface area contributed by atoms with Gasteiger partial charge in [0.2, 0.25) is 0 Å². The predicted octanol–water partition coefficient (Wildman–Crippen LogP) is 2.81. The molecule has 1 aromatic heterocycles. The first-order valence-electron chi connectivity index (χ1n) is 6.60. The molecule has 2 aromatic rings. The molecule has 0 saturated heterocycles. The van der Waals surface area contributed by atoms with Crippen LogP contribution in [0.15, 0.2) is 28.7 Å². The number of aromatic nitrogens is 2. The molecular weight excluding hydrogens is 370 g/mol. The summed E-state index contributed by atoms with van der Waals surface area (Å²) in [6.07, 6.45) is 0.398. The number of nitrogens with one attached hydrogen (secondary N) is 1. The fourth-order valence-corrected chi connectivity index (χ4v) is 3.06. The Morgan fingerprint density at radius 3 is 2.86 bits per heavy atom. The van der Waals surface area contributed by atoms with Crippen LogP contribution in [0.3, 0.4) is 0 Å². The molecule has 0 fully saturated rings. The van der Waals surface area contributed by atoms with Gasteiger partial charge in [-0.2, -0.15) is 0 Å². The van der Waals surface area contributed by atoms with Crippen molar-refractivity contribution < 1.29 is 14.7 Å². The molecular formula is C14H14BrN3O3S. The molecule has 0 saturated carbocycles. The number of aryl methyl sites for hydroxylation is 1. The van der Waals surface area contributed by atoms with E-state index in [4.69, 9.17) is 5.11 Å². The fourth-order valence-electron chi connectivity index (χ4n) is 1.99. The number of carboxylic acids is 1. The van der Waals surface area contributed by atoms with E-state index in [0.29, 0.717) is 17.0 Å². The average Bonchev–Trinajstić information content (AvgIpc) is 2.94. The van der Waals surface area contributed by atoms with Crippen molar-refractivity contribution in [3.05, 3.63) is 44.9 Å². The zero-order chi connectivity index (χ0) is 16.1. The molecule has 1 amide bonds. The average molecular weight is 384 g/mol. The number of hydrogen-bond donors (Lipinski definition) is 2. The van der Waals surface area contributed by atoms with Crippen molar-refractivity contribution in [3.63, 3.8) is 0 Å². The van der Waals surface area contributed by atoms with E-state index < -0.39 is 12.0 Å². The van der Waals surface area contributed by atoms with Crippen molar-refractivity contribution in [2.45, 2.75) is 25.8 Å². The summed E-state index contributed by atoms with van der Waals surface area (Å²) in [5.41, 5.74) is 1.34. The second-order valence-electron chi connectivity index (χ2n) is 4.58. The van der Waals surface area contributed by atoms with E-state index in [2.05, 4.69) is 30.8 Å². The lowest BCUT2D eigenvalue weighted by Crippen LogP contribution is -2.30. The summed E-state index contributed by atoms with van der Waals surface area (Å²) >= 11 is 4.36. The van der Waals surface area contributed by atoms with Gasteiger partial charge in [0.1, 0.15) is 4.88 Å². The monoisotopic (exact) mass is 383 g/mol. The Bertz CT molecular complexity index is 689. The molecule has 0 aliphatic rings. The Balaban J connectivity index is 2.23. The summed E-state index contributed by atoms with van der Waals surface area (Å²) in [5.74, 6) is -1.33. The molecule has 1 unspecified atom stereocenters. The lowest BCUT2D eigenvalue weighted by molar-refractivity contribution is -0.137. The second-order valence-corrected chi connectivity index (χ2v) is 6.25. The lowest BCUT2D eigenvalue weighted by atomic mass is 10.0. The normalized spacial score (nSPS) is 11.9. The lowest BCUT2D eigenvalue weighted by Gasteiger charge is -2.17. The van der Waals surface area contributed by atoms with Crippen molar-refractivity contribution in [2.24, 2.45) is 0 Å². The number of benzene rings is 1. The van der Waals surface area contributed by atoms with Crippen LogP contribution in [0.25, 0.3) is 0 Å². The van der Waals surface area contributed by atoms with Crippen LogP contribution in [-0.4, -0.2) is 26.6 Å². The number of carboxylic acid groups (broad SMARTS) is 1. The topological polar surface area (TPSA) is 92.2 Å². The Labute approximate surface area is 139 Å². The third-order valence-corrected chi connectivity index (χ3v) is 4.29. The molecule has 0 radical (unpaired) electrons. The SMILES string of the molecule is CCc1nnsc1C(=O)NC(CC(=O)O)c1cccc(Br)c1. The molecule has 1 heterocycles. The third-order valence-electron chi connectivity index (χ3n) is 3.03. The number of amides is 1. The molecule has 22 heavy (non-hydrogen) atoms. The Morgan fingerprint density at radius 2 is 2.23 bits per heavy atom. The summed E-state index contributed by atoms with van der Waals surface area (Å²) in [5, 5.41) is 15.7. The highest BCUT2D eigenvalue weighted by atomic mass is 79.9. The van der Waals surface area contributed by atoms with Crippen molar-refractivity contribution >= 4 is 39.3 Å². The van der Waals surface area contributed by atoms with Crippen LogP contribution in [0.5, 0.6) is 0 Å². The molecule has 0 spiro atoms. The maximum atomic E-state index is 12.4. The highest BCUT2D eigenvalue weighted by molar-refractivity contribution is 9.10. The zero-order valence-corrected chi connectivity index (χ0v) is 14.1. The van der Waals surface area contributed by atoms with Gasteiger partial charge in [0.15, 0.2) is 0 Å². The first-order chi connectivity index (χ1) is 10.5. The molecule has 0 aliphatic heterocycles. The molecule has 2 rings (SSSR count). The van der Waals surface area contributed by atoms with E-state index in [-0.39, 0.29) is 12.3 Å². The molecule has 8 heteroatoms. The van der Waals surface area contributed by atoms with Crippen LogP contribution in [0, 0.1) is 0 Å². The van der Waals surface area contributed by atoms with Gasteiger partial charge in [-0.3, -0.25) is 9.59 Å². The van der Waals surface area contributed by atoms with Gasteiger partial charge in [-0.15, -0.1) is 5.10 Å². The van der Waals surface area contributed by atoms with Crippen molar-refractivity contribution in [3.8, 4) is 0 Å². The van der Waals surface area contributed by atoms with E-state index in [1.54, 1.807) is 18.2 Å². The van der Waals surface area contributed by atoms with E-state index in [0.717, 1.165) is 21.6 Å². The number of nitrogens with zero attached hydrogens (tertiary/aromatic N) is 2. The van der Waals surface area contributed by atoms with E-state index in [1.165, 1.54) is 0 Å². The smallest absolute Gasteiger partial charge is 0.305 e. The highest BCUT2D eigenvalue weighted by Gasteiger charge is 2.22. The van der Waals surface area contributed by atoms with Gasteiger partial charge >= 0.3 is 5.97 Å². The van der Waals surface area contributed by atoms with Gasteiger partial charge in [-0.25, -0.2) is 0 Å². The van der Waals surface area contributed by atoms with Gasteiger partial charge in [0, 0.05) is 4.47 Å². The van der Waals surface area contributed by atoms with E-state index in [1.807, 2.05) is 13.0 Å². The summed E-state index contributed by atoms with van der Waals surface area (Å²) in [4.78, 5) is 23.8. The zero-order valence-electron chi connectivity index (χ0n) is 11.7. The fraction of sp³-hybridized carbons (Fsp3) is 0.286. The van der Waals surface area contributed by atoms with Crippen LogP contribution in [-0.2, 0) is 11.2 Å². The predicted molar refractivity (Wildman–Crippen MR) is 85.9 cm³/mol. The van der Waals surface area contributed by atoms with Crippen LogP contribution >= 0.6 is 27.5 Å². The first-order valence-corrected chi connectivity index (χ1v) is 8.17. The van der Waals surface area contributed by atoms with Gasteiger partial charge in [-0.05, 0) is 35.6 Å². The maximum Gasteiger partial charge on any atom is 0.305 e. The van der Waals surface area contributed by atoms with Gasteiger partial charge in [0.25, 0.3) is 5.91 Å². The highest BCUT2D eigenvalue weighted by Crippen LogP contribution is 2.22. The standard InChI is InChI=1S/C14H14BrN3O3S/c1-2-10-13(22-18-17-10)14(21)16-11(7-12(19)20)8-4-3-5-9(15)6-8/h3-6,11H,2,7H2,1H3,(H,16,21)(H,19,20). The van der Waals surface area contributed by atoms with Crippen molar-refractivity contribution in [1.82, 2.24) is 14.9 Å². The van der Waals surface area contributed by atoms with Crippen LogP contribution in [0.1, 0.15) is 40.3 Å². The van der Waals surface area contributed by atoms with Crippen molar-refractivity contribution in [1.29, 1.82) is 0 Å². The summed E-state index contributed by atoms with van der Waals surface area (Å²) in [6.45, 7) is 1.89. The quantitative estimate of drug-likeness (QED) is 0.799. The van der Waals surface area contributed by atoms with Crippen LogP contribution in [0.4, 0.5) is 0 Å². The van der Waals surface area contributed by atoms with Crippen molar-refractivity contribution in [2.75, 3.05) is 0 Å². The molecule has 1 aromatic carbocycles. The van der Waals surface area contributed by atoms with Gasteiger partial charge < -0.3 is 10.4 Å². The van der Waals surface area contributed by atoms with Crippen LogP contribution in [0.2, 0.25) is 0 Å².